The predicted octanol–water partition coefficient (Wildman–Crippen LogP) is 3.47. The highest BCUT2D eigenvalue weighted by atomic mass is 127. The Labute approximate surface area is 162 Å². The van der Waals surface area contributed by atoms with E-state index in [1.54, 1.807) is 0 Å². The lowest BCUT2D eigenvalue weighted by atomic mass is 10.1. The van der Waals surface area contributed by atoms with Crippen molar-refractivity contribution in [3.05, 3.63) is 52.8 Å². The van der Waals surface area contributed by atoms with Gasteiger partial charge in [-0.15, -0.1) is 24.0 Å². The summed E-state index contributed by atoms with van der Waals surface area (Å²) < 4.78 is 1.91. The molecule has 5 nitrogen and oxygen atoms in total. The fourth-order valence-electron chi connectivity index (χ4n) is 2.55. The van der Waals surface area contributed by atoms with Crippen LogP contribution in [0.4, 0.5) is 0 Å². The zero-order valence-corrected chi connectivity index (χ0v) is 17.5. The van der Waals surface area contributed by atoms with Crippen LogP contribution >= 0.6 is 24.0 Å². The van der Waals surface area contributed by atoms with Crippen molar-refractivity contribution < 1.29 is 0 Å². The predicted molar refractivity (Wildman–Crippen MR) is 111 cm³/mol. The van der Waals surface area contributed by atoms with E-state index < -0.39 is 0 Å². The maximum Gasteiger partial charge on any atom is 0.192 e. The van der Waals surface area contributed by atoms with Crippen molar-refractivity contribution in [3.63, 3.8) is 0 Å². The number of guanidine groups is 1. The van der Waals surface area contributed by atoms with E-state index in [0.29, 0.717) is 6.54 Å². The smallest absolute Gasteiger partial charge is 0.192 e. The van der Waals surface area contributed by atoms with Crippen LogP contribution in [0.25, 0.3) is 0 Å². The summed E-state index contributed by atoms with van der Waals surface area (Å²) in [5, 5.41) is 11.2. The molecule has 0 saturated carbocycles. The molecule has 1 aromatic heterocycles. The van der Waals surface area contributed by atoms with E-state index in [1.165, 1.54) is 16.8 Å². The maximum absolute atomic E-state index is 4.73. The quantitative estimate of drug-likeness (QED) is 0.425. The van der Waals surface area contributed by atoms with Gasteiger partial charge in [-0.05, 0) is 33.3 Å². The van der Waals surface area contributed by atoms with Crippen LogP contribution < -0.4 is 10.6 Å². The first-order valence-electron chi connectivity index (χ1n) is 8.11. The Balaban J connectivity index is 0.00000288. The molecule has 132 valence electrons. The van der Waals surface area contributed by atoms with Crippen LogP contribution in [0.1, 0.15) is 42.4 Å². The first-order valence-corrected chi connectivity index (χ1v) is 8.11. The number of rotatable bonds is 5. The number of aromatic nitrogens is 2. The van der Waals surface area contributed by atoms with Crippen LogP contribution in [0.2, 0.25) is 0 Å². The number of hydrogen-bond acceptors (Lipinski definition) is 2. The molecule has 24 heavy (non-hydrogen) atoms. The van der Waals surface area contributed by atoms with Gasteiger partial charge < -0.3 is 10.6 Å². The largest absolute Gasteiger partial charge is 0.357 e. The average molecular weight is 441 g/mol. The highest BCUT2D eigenvalue weighted by Crippen LogP contribution is 2.14. The molecule has 0 radical (unpaired) electrons. The summed E-state index contributed by atoms with van der Waals surface area (Å²) in [6, 6.07) is 10.6. The molecule has 0 aliphatic carbocycles. The number of nitrogens with one attached hydrogen (secondary N) is 2. The van der Waals surface area contributed by atoms with Crippen molar-refractivity contribution in [1.82, 2.24) is 20.4 Å². The SMILES string of the molecule is CCNC(=NCc1c(C)nn(C)c1C)NC(C)c1ccccc1.I. The van der Waals surface area contributed by atoms with Gasteiger partial charge in [-0.25, -0.2) is 4.99 Å². The van der Waals surface area contributed by atoms with Gasteiger partial charge in [0, 0.05) is 24.8 Å². The molecule has 0 saturated heterocycles. The minimum atomic E-state index is 0. The average Bonchev–Trinajstić information content (AvgIpc) is 2.79. The molecular formula is C18H28IN5. The number of halogens is 1. The molecule has 0 amide bonds. The van der Waals surface area contributed by atoms with E-state index in [0.717, 1.165) is 18.2 Å². The molecule has 6 heteroatoms. The van der Waals surface area contributed by atoms with Crippen LogP contribution in [-0.2, 0) is 13.6 Å². The Bertz CT molecular complexity index is 664. The fraction of sp³-hybridized carbons (Fsp3) is 0.444. The number of aliphatic imine (C=N–C) groups is 1. The summed E-state index contributed by atoms with van der Waals surface area (Å²) in [6.45, 7) is 9.79. The molecular weight excluding hydrogens is 413 g/mol. The van der Waals surface area contributed by atoms with E-state index in [9.17, 15) is 0 Å². The molecule has 2 rings (SSSR count). The highest BCUT2D eigenvalue weighted by molar-refractivity contribution is 14.0. The summed E-state index contributed by atoms with van der Waals surface area (Å²) in [5.74, 6) is 0.825. The molecule has 0 fully saturated rings. The third-order valence-corrected chi connectivity index (χ3v) is 4.05. The van der Waals surface area contributed by atoms with Crippen LogP contribution in [0, 0.1) is 13.8 Å². The fourth-order valence-corrected chi connectivity index (χ4v) is 2.55. The first-order chi connectivity index (χ1) is 11.0. The van der Waals surface area contributed by atoms with Crippen molar-refractivity contribution in [1.29, 1.82) is 0 Å². The van der Waals surface area contributed by atoms with Gasteiger partial charge in [0.15, 0.2) is 5.96 Å². The van der Waals surface area contributed by atoms with Gasteiger partial charge in [0.05, 0.1) is 18.3 Å². The lowest BCUT2D eigenvalue weighted by molar-refractivity contribution is 0.686. The second kappa shape index (κ2) is 9.66. The topological polar surface area (TPSA) is 54.2 Å². The molecule has 0 aliphatic rings. The third-order valence-electron chi connectivity index (χ3n) is 4.05. The molecule has 2 aromatic rings. The molecule has 1 unspecified atom stereocenters. The van der Waals surface area contributed by atoms with Gasteiger partial charge >= 0.3 is 0 Å². The second-order valence-corrected chi connectivity index (χ2v) is 5.74. The van der Waals surface area contributed by atoms with E-state index in [1.807, 2.05) is 24.7 Å². The Morgan fingerprint density at radius 3 is 2.46 bits per heavy atom. The Morgan fingerprint density at radius 1 is 1.25 bits per heavy atom. The first kappa shape index (κ1) is 20.5. The standard InChI is InChI=1S/C18H27N5.HI/c1-6-19-18(21-13(2)16-10-8-7-9-11-16)20-12-17-14(3)22-23(5)15(17)4;/h7-11,13H,6,12H2,1-5H3,(H2,19,20,21);1H. The minimum absolute atomic E-state index is 0. The molecule has 1 atom stereocenters. The normalized spacial score (nSPS) is 12.5. The van der Waals surface area contributed by atoms with Crippen molar-refractivity contribution in [3.8, 4) is 0 Å². The van der Waals surface area contributed by atoms with Gasteiger partial charge in [0.1, 0.15) is 0 Å². The number of aryl methyl sites for hydroxylation is 2. The van der Waals surface area contributed by atoms with Crippen molar-refractivity contribution >= 4 is 29.9 Å². The maximum atomic E-state index is 4.73. The van der Waals surface area contributed by atoms with Gasteiger partial charge in [-0.3, -0.25) is 4.68 Å². The molecule has 0 bridgehead atoms. The van der Waals surface area contributed by atoms with Gasteiger partial charge in [-0.1, -0.05) is 30.3 Å². The molecule has 1 heterocycles. The molecule has 2 N–H and O–H groups in total. The van der Waals surface area contributed by atoms with Crippen LogP contribution in [0.15, 0.2) is 35.3 Å². The minimum Gasteiger partial charge on any atom is -0.357 e. The van der Waals surface area contributed by atoms with E-state index in [-0.39, 0.29) is 30.0 Å². The monoisotopic (exact) mass is 441 g/mol. The van der Waals surface area contributed by atoms with Crippen molar-refractivity contribution in [2.24, 2.45) is 12.0 Å². The number of benzene rings is 1. The van der Waals surface area contributed by atoms with Gasteiger partial charge in [0.25, 0.3) is 0 Å². The van der Waals surface area contributed by atoms with Crippen LogP contribution in [-0.4, -0.2) is 22.3 Å². The van der Waals surface area contributed by atoms with Crippen LogP contribution in [0.3, 0.4) is 0 Å². The number of nitrogens with zero attached hydrogens (tertiary/aromatic N) is 3. The highest BCUT2D eigenvalue weighted by Gasteiger charge is 2.10. The summed E-state index contributed by atoms with van der Waals surface area (Å²) in [4.78, 5) is 4.73. The lowest BCUT2D eigenvalue weighted by Crippen LogP contribution is -2.38. The Hall–Kier alpha value is -1.57. The zero-order chi connectivity index (χ0) is 16.8. The third kappa shape index (κ3) is 5.22. The van der Waals surface area contributed by atoms with E-state index in [4.69, 9.17) is 4.99 Å². The van der Waals surface area contributed by atoms with Gasteiger partial charge in [0.2, 0.25) is 0 Å². The lowest BCUT2D eigenvalue weighted by Gasteiger charge is -2.18. The van der Waals surface area contributed by atoms with Gasteiger partial charge in [-0.2, -0.15) is 5.10 Å². The summed E-state index contributed by atoms with van der Waals surface area (Å²) in [5.41, 5.74) is 4.64. The Morgan fingerprint density at radius 2 is 1.92 bits per heavy atom. The Kier molecular flexibility index (Phi) is 8.24. The summed E-state index contributed by atoms with van der Waals surface area (Å²) in [7, 11) is 1.97. The molecule has 0 spiro atoms. The van der Waals surface area contributed by atoms with E-state index >= 15 is 0 Å². The second-order valence-electron chi connectivity index (χ2n) is 5.74. The van der Waals surface area contributed by atoms with Crippen molar-refractivity contribution in [2.75, 3.05) is 6.54 Å². The summed E-state index contributed by atoms with van der Waals surface area (Å²) >= 11 is 0. The molecule has 0 aliphatic heterocycles. The summed E-state index contributed by atoms with van der Waals surface area (Å²) in [6.07, 6.45) is 0. The number of hydrogen-bond donors (Lipinski definition) is 2. The zero-order valence-electron chi connectivity index (χ0n) is 15.1. The molecule has 1 aromatic carbocycles. The van der Waals surface area contributed by atoms with Crippen LogP contribution in [0.5, 0.6) is 0 Å². The van der Waals surface area contributed by atoms with Crippen molar-refractivity contribution in [2.45, 2.75) is 40.3 Å². The van der Waals surface area contributed by atoms with E-state index in [2.05, 4.69) is 60.8 Å².